The van der Waals surface area contributed by atoms with Crippen molar-refractivity contribution < 1.29 is 9.53 Å². The summed E-state index contributed by atoms with van der Waals surface area (Å²) >= 11 is 0. The lowest BCUT2D eigenvalue weighted by Gasteiger charge is -2.12. The highest BCUT2D eigenvalue weighted by Crippen LogP contribution is 2.22. The molecule has 2 heterocycles. The molecule has 128 valence electrons. The molecule has 0 aliphatic carbocycles. The minimum atomic E-state index is -0.333. The number of fused-ring (bicyclic) bond motifs is 1. The van der Waals surface area contributed by atoms with Gasteiger partial charge in [0.1, 0.15) is 17.1 Å². The summed E-state index contributed by atoms with van der Waals surface area (Å²) in [5.41, 5.74) is 1.14. The van der Waals surface area contributed by atoms with Gasteiger partial charge in [-0.2, -0.15) is 4.98 Å². The van der Waals surface area contributed by atoms with Crippen LogP contribution >= 0.6 is 12.4 Å². The summed E-state index contributed by atoms with van der Waals surface area (Å²) < 4.78 is 6.86. The van der Waals surface area contributed by atoms with Gasteiger partial charge in [0, 0.05) is 18.8 Å². The number of nitrogens with one attached hydrogen (secondary N) is 2. The lowest BCUT2D eigenvalue weighted by atomic mass is 10.2. The van der Waals surface area contributed by atoms with Crippen LogP contribution in [0.25, 0.3) is 0 Å². The molecular weight excluding hydrogens is 332 g/mol. The number of amides is 1. The summed E-state index contributed by atoms with van der Waals surface area (Å²) in [4.78, 5) is 28.3. The van der Waals surface area contributed by atoms with Gasteiger partial charge in [0.05, 0.1) is 12.3 Å². The largest absolute Gasteiger partial charge is 0.494 e. The van der Waals surface area contributed by atoms with E-state index in [1.165, 1.54) is 4.57 Å². The zero-order valence-electron chi connectivity index (χ0n) is 13.5. The highest BCUT2D eigenvalue weighted by molar-refractivity contribution is 6.08. The monoisotopic (exact) mass is 350 g/mol. The van der Waals surface area contributed by atoms with Crippen molar-refractivity contribution in [3.63, 3.8) is 0 Å². The molecule has 8 heteroatoms. The van der Waals surface area contributed by atoms with Crippen molar-refractivity contribution in [3.05, 3.63) is 46.0 Å². The fourth-order valence-corrected chi connectivity index (χ4v) is 2.61. The number of halogens is 1. The van der Waals surface area contributed by atoms with Crippen molar-refractivity contribution in [2.45, 2.75) is 20.4 Å². The number of aromatic nitrogens is 2. The van der Waals surface area contributed by atoms with Crippen LogP contribution in [-0.4, -0.2) is 28.6 Å². The summed E-state index contributed by atoms with van der Waals surface area (Å²) in [5.74, 6) is 0.986. The van der Waals surface area contributed by atoms with Crippen LogP contribution in [-0.2, 0) is 6.54 Å². The quantitative estimate of drug-likeness (QED) is 0.881. The summed E-state index contributed by atoms with van der Waals surface area (Å²) in [7, 11) is 0. The normalized spacial score (nSPS) is 11.9. The molecule has 0 saturated heterocycles. The molecule has 0 fully saturated rings. The van der Waals surface area contributed by atoms with Crippen molar-refractivity contribution in [2.24, 2.45) is 0 Å². The molecule has 0 spiro atoms. The number of benzene rings is 1. The van der Waals surface area contributed by atoms with Gasteiger partial charge >= 0.3 is 5.69 Å². The molecule has 0 unspecified atom stereocenters. The third-order valence-corrected chi connectivity index (χ3v) is 3.64. The van der Waals surface area contributed by atoms with Crippen molar-refractivity contribution in [2.75, 3.05) is 23.8 Å². The number of carbonyl (C=O) groups excluding carboxylic acids is 1. The topological polar surface area (TPSA) is 85.2 Å². The second-order valence-electron chi connectivity index (χ2n) is 5.19. The molecule has 2 N–H and O–H groups in total. The van der Waals surface area contributed by atoms with Gasteiger partial charge in [-0.1, -0.05) is 0 Å². The van der Waals surface area contributed by atoms with E-state index in [0.717, 1.165) is 5.75 Å². The lowest BCUT2D eigenvalue weighted by Crippen LogP contribution is -2.26. The molecule has 0 saturated carbocycles. The van der Waals surface area contributed by atoms with E-state index in [9.17, 15) is 9.59 Å². The maximum Gasteiger partial charge on any atom is 0.349 e. The van der Waals surface area contributed by atoms with Crippen molar-refractivity contribution in [3.8, 4) is 5.75 Å². The maximum atomic E-state index is 12.6. The molecule has 1 aliphatic heterocycles. The van der Waals surface area contributed by atoms with Gasteiger partial charge in [0.15, 0.2) is 0 Å². The first-order valence-electron chi connectivity index (χ1n) is 7.49. The third kappa shape index (κ3) is 3.35. The van der Waals surface area contributed by atoms with E-state index < -0.39 is 0 Å². The first-order chi connectivity index (χ1) is 11.1. The number of anilines is 2. The molecule has 0 bridgehead atoms. The van der Waals surface area contributed by atoms with Crippen LogP contribution in [0.5, 0.6) is 5.75 Å². The van der Waals surface area contributed by atoms with Gasteiger partial charge in [-0.15, -0.1) is 12.4 Å². The summed E-state index contributed by atoms with van der Waals surface area (Å²) in [5, 5.41) is 5.91. The SMILES string of the molecule is CCOc1ccc(NC(=O)c2c(C)nc(=O)n3c2NCC3)cc1.Cl. The Morgan fingerprint density at radius 1 is 1.38 bits per heavy atom. The number of hydrogen-bond donors (Lipinski definition) is 2. The van der Waals surface area contributed by atoms with Gasteiger partial charge in [0.25, 0.3) is 5.91 Å². The lowest BCUT2D eigenvalue weighted by molar-refractivity contribution is 0.102. The van der Waals surface area contributed by atoms with Crippen LogP contribution in [0.2, 0.25) is 0 Å². The van der Waals surface area contributed by atoms with Crippen molar-refractivity contribution >= 4 is 29.8 Å². The molecule has 2 aromatic rings. The summed E-state index contributed by atoms with van der Waals surface area (Å²) in [6.45, 7) is 5.30. The van der Waals surface area contributed by atoms with E-state index in [0.29, 0.717) is 42.5 Å². The molecule has 0 atom stereocenters. The van der Waals surface area contributed by atoms with Gasteiger partial charge in [-0.25, -0.2) is 4.79 Å². The Labute approximate surface area is 145 Å². The molecule has 1 aromatic heterocycles. The Bertz CT molecular complexity index is 802. The van der Waals surface area contributed by atoms with Crippen LogP contribution in [0.15, 0.2) is 29.1 Å². The zero-order valence-corrected chi connectivity index (χ0v) is 14.3. The van der Waals surface area contributed by atoms with E-state index in [1.807, 2.05) is 6.92 Å². The zero-order chi connectivity index (χ0) is 16.4. The minimum absolute atomic E-state index is 0. The molecule has 1 aliphatic rings. The number of ether oxygens (including phenoxy) is 1. The molecule has 1 aromatic carbocycles. The Kier molecular flexibility index (Phi) is 5.46. The molecule has 7 nitrogen and oxygen atoms in total. The number of aryl methyl sites for hydroxylation is 1. The molecular formula is C16H19ClN4O3. The summed E-state index contributed by atoms with van der Waals surface area (Å²) in [6, 6.07) is 7.13. The van der Waals surface area contributed by atoms with Crippen LogP contribution < -0.4 is 21.1 Å². The van der Waals surface area contributed by atoms with Gasteiger partial charge in [0.2, 0.25) is 0 Å². The van der Waals surface area contributed by atoms with E-state index in [1.54, 1.807) is 31.2 Å². The molecule has 3 rings (SSSR count). The number of nitrogens with zero attached hydrogens (tertiary/aromatic N) is 2. The van der Waals surface area contributed by atoms with Crippen LogP contribution in [0, 0.1) is 6.92 Å². The Balaban J connectivity index is 0.00000208. The van der Waals surface area contributed by atoms with Crippen LogP contribution in [0.1, 0.15) is 23.0 Å². The van der Waals surface area contributed by atoms with E-state index in [-0.39, 0.29) is 24.0 Å². The average molecular weight is 351 g/mol. The predicted octanol–water partition coefficient (Wildman–Crippen LogP) is 2.05. The Hall–Kier alpha value is -2.54. The second kappa shape index (κ2) is 7.35. The van der Waals surface area contributed by atoms with Crippen LogP contribution in [0.3, 0.4) is 0 Å². The fourth-order valence-electron chi connectivity index (χ4n) is 2.61. The standard InChI is InChI=1S/C16H18N4O3.ClH/c1-3-23-12-6-4-11(5-7-12)19-15(21)13-10(2)18-16(22)20-9-8-17-14(13)20;/h4-7,17H,3,8-9H2,1-2H3,(H,19,21);1H. The average Bonchev–Trinajstić information content (AvgIpc) is 2.99. The number of hydrogen-bond acceptors (Lipinski definition) is 5. The third-order valence-electron chi connectivity index (χ3n) is 3.64. The second-order valence-corrected chi connectivity index (χ2v) is 5.19. The van der Waals surface area contributed by atoms with Crippen molar-refractivity contribution in [1.82, 2.24) is 9.55 Å². The summed E-state index contributed by atoms with van der Waals surface area (Å²) in [6.07, 6.45) is 0. The smallest absolute Gasteiger partial charge is 0.349 e. The van der Waals surface area contributed by atoms with Gasteiger partial charge in [-0.3, -0.25) is 9.36 Å². The molecule has 0 radical (unpaired) electrons. The van der Waals surface area contributed by atoms with E-state index in [2.05, 4.69) is 15.6 Å². The molecule has 24 heavy (non-hydrogen) atoms. The maximum absolute atomic E-state index is 12.6. The van der Waals surface area contributed by atoms with Gasteiger partial charge < -0.3 is 15.4 Å². The highest BCUT2D eigenvalue weighted by Gasteiger charge is 2.23. The predicted molar refractivity (Wildman–Crippen MR) is 94.5 cm³/mol. The number of rotatable bonds is 4. The van der Waals surface area contributed by atoms with E-state index in [4.69, 9.17) is 4.74 Å². The first kappa shape index (κ1) is 17.8. The highest BCUT2D eigenvalue weighted by atomic mass is 35.5. The van der Waals surface area contributed by atoms with Crippen molar-refractivity contribution in [1.29, 1.82) is 0 Å². The number of carbonyl (C=O) groups is 1. The molecule has 1 amide bonds. The Morgan fingerprint density at radius 2 is 2.08 bits per heavy atom. The van der Waals surface area contributed by atoms with Crippen LogP contribution in [0.4, 0.5) is 11.5 Å². The first-order valence-corrected chi connectivity index (χ1v) is 7.49. The van der Waals surface area contributed by atoms with E-state index >= 15 is 0 Å². The fraction of sp³-hybridized carbons (Fsp3) is 0.312. The minimum Gasteiger partial charge on any atom is -0.494 e. The van der Waals surface area contributed by atoms with Gasteiger partial charge in [-0.05, 0) is 38.1 Å². The Morgan fingerprint density at radius 3 is 2.75 bits per heavy atom.